The third-order valence-corrected chi connectivity index (χ3v) is 7.35. The minimum Gasteiger partial charge on any atom is -0.480 e. The van der Waals surface area contributed by atoms with Gasteiger partial charge in [0.1, 0.15) is 12.1 Å². The Bertz CT molecular complexity index is 1090. The van der Waals surface area contributed by atoms with Crippen molar-refractivity contribution in [2.24, 2.45) is 0 Å². The van der Waals surface area contributed by atoms with Crippen LogP contribution in [0.25, 0.3) is 11.1 Å². The average molecular weight is 465 g/mol. The Balaban J connectivity index is 1.24. The van der Waals surface area contributed by atoms with Crippen LogP contribution in [0.4, 0.5) is 4.79 Å². The molecule has 2 N–H and O–H groups in total. The van der Waals surface area contributed by atoms with E-state index in [0.29, 0.717) is 32.4 Å². The third-order valence-electron chi connectivity index (χ3n) is 7.35. The molecule has 8 heteroatoms. The fourth-order valence-electron chi connectivity index (χ4n) is 5.46. The number of carboxylic acid groups (broad SMARTS) is 1. The summed E-state index contributed by atoms with van der Waals surface area (Å²) in [5.41, 5.74) is 3.28. The molecule has 2 amide bonds. The summed E-state index contributed by atoms with van der Waals surface area (Å²) in [7, 11) is 0. The predicted molar refractivity (Wildman–Crippen MR) is 123 cm³/mol. The molecule has 2 aliphatic heterocycles. The molecule has 0 spiro atoms. The summed E-state index contributed by atoms with van der Waals surface area (Å²) in [5, 5.41) is 12.4. The number of likely N-dealkylation sites (tertiary alicyclic amines) is 1. The highest BCUT2D eigenvalue weighted by molar-refractivity contribution is 5.90. The summed E-state index contributed by atoms with van der Waals surface area (Å²) in [6.07, 6.45) is -0.0651. The molecule has 2 heterocycles. The number of benzene rings is 2. The second kappa shape index (κ2) is 8.76. The van der Waals surface area contributed by atoms with E-state index in [4.69, 9.17) is 9.47 Å². The molecule has 0 aromatic heterocycles. The van der Waals surface area contributed by atoms with Crippen LogP contribution in [-0.4, -0.2) is 65.4 Å². The van der Waals surface area contributed by atoms with Crippen molar-refractivity contribution >= 4 is 18.0 Å². The van der Waals surface area contributed by atoms with Gasteiger partial charge >= 0.3 is 12.1 Å². The second-order valence-corrected chi connectivity index (χ2v) is 9.33. The molecule has 0 saturated carbocycles. The smallest absolute Gasteiger partial charge is 0.407 e. The molecular formula is C26H28N2O6. The van der Waals surface area contributed by atoms with Crippen molar-refractivity contribution < 1.29 is 29.0 Å². The number of hydrogen-bond donors (Lipinski definition) is 2. The minimum absolute atomic E-state index is 0.0590. The first-order valence-corrected chi connectivity index (χ1v) is 11.7. The monoisotopic (exact) mass is 464 g/mol. The van der Waals surface area contributed by atoms with Crippen LogP contribution < -0.4 is 5.32 Å². The largest absolute Gasteiger partial charge is 0.480 e. The average Bonchev–Trinajstić information content (AvgIpc) is 3.54. The summed E-state index contributed by atoms with van der Waals surface area (Å²) >= 11 is 0. The zero-order valence-electron chi connectivity index (χ0n) is 19.0. The summed E-state index contributed by atoms with van der Waals surface area (Å²) in [5.74, 6) is -1.49. The molecule has 1 aliphatic carbocycles. The van der Waals surface area contributed by atoms with Crippen molar-refractivity contribution in [3.05, 3.63) is 59.7 Å². The number of carbonyl (C=O) groups is 3. The Kier molecular flexibility index (Phi) is 5.77. The van der Waals surface area contributed by atoms with E-state index in [-0.39, 0.29) is 12.5 Å². The molecule has 2 fully saturated rings. The Morgan fingerprint density at radius 3 is 2.41 bits per heavy atom. The van der Waals surface area contributed by atoms with E-state index in [9.17, 15) is 19.5 Å². The van der Waals surface area contributed by atoms with E-state index in [1.165, 1.54) is 4.90 Å². The van der Waals surface area contributed by atoms with E-state index < -0.39 is 35.7 Å². The van der Waals surface area contributed by atoms with Crippen molar-refractivity contribution in [3.8, 4) is 11.1 Å². The lowest BCUT2D eigenvalue weighted by Crippen LogP contribution is -2.57. The number of nitrogens with one attached hydrogen (secondary N) is 1. The van der Waals surface area contributed by atoms with E-state index in [1.807, 2.05) is 24.3 Å². The van der Waals surface area contributed by atoms with Gasteiger partial charge in [0.15, 0.2) is 6.10 Å². The van der Waals surface area contributed by atoms with Crippen molar-refractivity contribution in [1.29, 1.82) is 0 Å². The number of carbonyl (C=O) groups excluding carboxylic acids is 2. The van der Waals surface area contributed by atoms with Gasteiger partial charge in [0.2, 0.25) is 0 Å². The van der Waals surface area contributed by atoms with Crippen molar-refractivity contribution in [3.63, 3.8) is 0 Å². The maximum Gasteiger partial charge on any atom is 0.407 e. The number of carboxylic acids is 1. The van der Waals surface area contributed by atoms with Crippen LogP contribution in [0.2, 0.25) is 0 Å². The lowest BCUT2D eigenvalue weighted by Gasteiger charge is -2.34. The molecule has 178 valence electrons. The molecule has 5 rings (SSSR count). The molecule has 3 atom stereocenters. The van der Waals surface area contributed by atoms with E-state index in [2.05, 4.69) is 29.6 Å². The van der Waals surface area contributed by atoms with Gasteiger partial charge in [-0.1, -0.05) is 48.5 Å². The Morgan fingerprint density at radius 2 is 1.76 bits per heavy atom. The SMILES string of the molecule is CC1(C(=O)O)CCCN1C(=O)[C@H]1OCC[C@H]1NC(=O)OCC1c2ccccc2-c2ccccc21. The van der Waals surface area contributed by atoms with Crippen molar-refractivity contribution in [2.75, 3.05) is 19.8 Å². The van der Waals surface area contributed by atoms with Crippen LogP contribution >= 0.6 is 0 Å². The van der Waals surface area contributed by atoms with Gasteiger partial charge in [0.05, 0.1) is 6.04 Å². The molecular weight excluding hydrogens is 436 g/mol. The topological polar surface area (TPSA) is 105 Å². The van der Waals surface area contributed by atoms with Crippen LogP contribution in [0.5, 0.6) is 0 Å². The normalized spacial score (nSPS) is 25.6. The molecule has 0 bridgehead atoms. The van der Waals surface area contributed by atoms with Crippen LogP contribution in [0.15, 0.2) is 48.5 Å². The zero-order chi connectivity index (χ0) is 23.9. The zero-order valence-corrected chi connectivity index (χ0v) is 19.0. The Labute approximate surface area is 197 Å². The number of aliphatic carboxylic acids is 1. The standard InChI is InChI=1S/C26H28N2O6/c1-26(24(30)31)12-6-13-28(26)23(29)22-21(11-14-33-22)27-25(32)34-15-20-18-9-4-2-7-16(18)17-8-3-5-10-19(17)20/h2-5,7-10,20-22H,6,11-15H2,1H3,(H,27,32)(H,30,31)/t21-,22+,26?/m1/s1. The number of nitrogens with zero attached hydrogens (tertiary/aromatic N) is 1. The molecule has 8 nitrogen and oxygen atoms in total. The fourth-order valence-corrected chi connectivity index (χ4v) is 5.46. The summed E-state index contributed by atoms with van der Waals surface area (Å²) in [6.45, 7) is 2.40. The number of alkyl carbamates (subject to hydrolysis) is 1. The van der Waals surface area contributed by atoms with Gasteiger partial charge in [-0.25, -0.2) is 9.59 Å². The molecule has 2 aromatic carbocycles. The molecule has 2 aromatic rings. The summed E-state index contributed by atoms with van der Waals surface area (Å²) in [4.78, 5) is 39.0. The number of amides is 2. The van der Waals surface area contributed by atoms with Gasteiger partial charge in [-0.3, -0.25) is 4.79 Å². The van der Waals surface area contributed by atoms with Gasteiger partial charge in [-0.05, 0) is 48.4 Å². The first-order valence-electron chi connectivity index (χ1n) is 11.7. The van der Waals surface area contributed by atoms with Crippen LogP contribution in [0.3, 0.4) is 0 Å². The molecule has 1 unspecified atom stereocenters. The highest BCUT2D eigenvalue weighted by Gasteiger charge is 2.50. The van der Waals surface area contributed by atoms with E-state index >= 15 is 0 Å². The third kappa shape index (κ3) is 3.72. The molecule has 0 radical (unpaired) electrons. The first kappa shape index (κ1) is 22.4. The van der Waals surface area contributed by atoms with Crippen LogP contribution in [0.1, 0.15) is 43.2 Å². The van der Waals surface area contributed by atoms with Gasteiger partial charge < -0.3 is 24.8 Å². The predicted octanol–water partition coefficient (Wildman–Crippen LogP) is 3.15. The van der Waals surface area contributed by atoms with Crippen LogP contribution in [0, 0.1) is 0 Å². The van der Waals surface area contributed by atoms with Gasteiger partial charge in [-0.2, -0.15) is 0 Å². The maximum absolute atomic E-state index is 13.1. The fraction of sp³-hybridized carbons (Fsp3) is 0.423. The summed E-state index contributed by atoms with van der Waals surface area (Å²) in [6, 6.07) is 15.6. The quantitative estimate of drug-likeness (QED) is 0.704. The number of rotatable bonds is 5. The number of ether oxygens (including phenoxy) is 2. The Hall–Kier alpha value is -3.39. The molecule has 34 heavy (non-hydrogen) atoms. The van der Waals surface area contributed by atoms with Crippen LogP contribution in [-0.2, 0) is 19.1 Å². The first-order chi connectivity index (χ1) is 16.4. The van der Waals surface area contributed by atoms with Crippen molar-refractivity contribution in [2.45, 2.75) is 49.8 Å². The highest BCUT2D eigenvalue weighted by Crippen LogP contribution is 2.44. The lowest BCUT2D eigenvalue weighted by molar-refractivity contribution is -0.159. The Morgan fingerprint density at radius 1 is 1.12 bits per heavy atom. The van der Waals surface area contributed by atoms with E-state index in [0.717, 1.165) is 22.3 Å². The number of fused-ring (bicyclic) bond motifs is 3. The maximum atomic E-state index is 13.1. The van der Waals surface area contributed by atoms with Gasteiger partial charge in [-0.15, -0.1) is 0 Å². The van der Waals surface area contributed by atoms with Crippen molar-refractivity contribution in [1.82, 2.24) is 10.2 Å². The minimum atomic E-state index is -1.25. The van der Waals surface area contributed by atoms with E-state index in [1.54, 1.807) is 6.92 Å². The van der Waals surface area contributed by atoms with Gasteiger partial charge in [0.25, 0.3) is 5.91 Å². The van der Waals surface area contributed by atoms with Gasteiger partial charge in [0, 0.05) is 19.1 Å². The highest BCUT2D eigenvalue weighted by atomic mass is 16.6. The second-order valence-electron chi connectivity index (χ2n) is 9.33. The summed E-state index contributed by atoms with van der Waals surface area (Å²) < 4.78 is 11.2. The lowest BCUT2D eigenvalue weighted by atomic mass is 9.98. The molecule has 2 saturated heterocycles. The number of hydrogen-bond acceptors (Lipinski definition) is 5. The molecule has 3 aliphatic rings.